The van der Waals surface area contributed by atoms with Crippen molar-refractivity contribution < 1.29 is 22.3 Å². The molecule has 0 bridgehead atoms. The summed E-state index contributed by atoms with van der Waals surface area (Å²) in [5.74, 6) is -2.04. The summed E-state index contributed by atoms with van der Waals surface area (Å²) in [7, 11) is 0. The van der Waals surface area contributed by atoms with E-state index in [0.717, 1.165) is 17.7 Å². The third-order valence-electron chi connectivity index (χ3n) is 2.96. The molecule has 0 N–H and O–H groups in total. The molecule has 0 aliphatic carbocycles. The van der Waals surface area contributed by atoms with E-state index < -0.39 is 24.0 Å². The third kappa shape index (κ3) is 3.74. The topological polar surface area (TPSA) is 9.23 Å². The monoisotopic (exact) mass is 297 g/mol. The fourth-order valence-corrected chi connectivity index (χ4v) is 2.01. The summed E-state index contributed by atoms with van der Waals surface area (Å²) in [6.07, 6.45) is 1.32. The second kappa shape index (κ2) is 6.61. The first-order chi connectivity index (χ1) is 10.0. The molecule has 111 valence electrons. The first-order valence-electron chi connectivity index (χ1n) is 6.33. The van der Waals surface area contributed by atoms with Crippen LogP contribution in [0.15, 0.2) is 36.4 Å². The van der Waals surface area contributed by atoms with Crippen molar-refractivity contribution in [3.63, 3.8) is 0 Å². The van der Waals surface area contributed by atoms with E-state index in [-0.39, 0.29) is 11.1 Å². The van der Waals surface area contributed by atoms with Gasteiger partial charge >= 0.3 is 6.61 Å². The van der Waals surface area contributed by atoms with Gasteiger partial charge in [-0.05, 0) is 48.2 Å². The van der Waals surface area contributed by atoms with Crippen LogP contribution in [0.2, 0.25) is 0 Å². The molecule has 0 atom stereocenters. The van der Waals surface area contributed by atoms with Crippen molar-refractivity contribution >= 4 is 0 Å². The Morgan fingerprint density at radius 2 is 1.76 bits per heavy atom. The maximum absolute atomic E-state index is 13.8. The van der Waals surface area contributed by atoms with Gasteiger partial charge in [0.15, 0.2) is 11.6 Å². The molecule has 2 aromatic rings. The Morgan fingerprint density at radius 1 is 1.00 bits per heavy atom. The van der Waals surface area contributed by atoms with E-state index in [9.17, 15) is 17.6 Å². The molecule has 0 aliphatic rings. The Balaban J connectivity index is 2.38. The van der Waals surface area contributed by atoms with Crippen molar-refractivity contribution in [2.24, 2.45) is 0 Å². The number of hydrogen-bond acceptors (Lipinski definition) is 1. The molecular weight excluding hydrogens is 284 g/mol. The van der Waals surface area contributed by atoms with Crippen LogP contribution in [0, 0.1) is 18.6 Å². The van der Waals surface area contributed by atoms with Gasteiger partial charge in [0.05, 0.1) is 0 Å². The highest BCUT2D eigenvalue weighted by atomic mass is 19.3. The number of rotatable bonds is 5. The predicted molar refractivity (Wildman–Crippen MR) is 72.1 cm³/mol. The Bertz CT molecular complexity index is 626. The van der Waals surface area contributed by atoms with Gasteiger partial charge in [0.1, 0.15) is 5.82 Å². The summed E-state index contributed by atoms with van der Waals surface area (Å²) >= 11 is 0. The van der Waals surface area contributed by atoms with Gasteiger partial charge < -0.3 is 4.74 Å². The van der Waals surface area contributed by atoms with Crippen molar-refractivity contribution in [3.05, 3.63) is 60.5 Å². The van der Waals surface area contributed by atoms with E-state index in [1.165, 1.54) is 12.1 Å². The number of alkyl halides is 2. The molecular formula is C16H13F4O. The zero-order valence-electron chi connectivity index (χ0n) is 11.1. The molecule has 0 amide bonds. The molecule has 2 rings (SSSR count). The fourth-order valence-electron chi connectivity index (χ4n) is 2.01. The summed E-state index contributed by atoms with van der Waals surface area (Å²) in [6.45, 7) is 0.609. The first-order valence-corrected chi connectivity index (χ1v) is 6.33. The second-order valence-electron chi connectivity index (χ2n) is 4.44. The van der Waals surface area contributed by atoms with Crippen LogP contribution in [0.3, 0.4) is 0 Å². The highest BCUT2D eigenvalue weighted by molar-refractivity contribution is 5.66. The van der Waals surface area contributed by atoms with Crippen LogP contribution in [0.4, 0.5) is 17.6 Å². The maximum Gasteiger partial charge on any atom is 0.387 e. The van der Waals surface area contributed by atoms with Crippen LogP contribution in [0.5, 0.6) is 5.75 Å². The second-order valence-corrected chi connectivity index (χ2v) is 4.44. The average molecular weight is 297 g/mol. The summed E-state index contributed by atoms with van der Waals surface area (Å²) in [6, 6.07) is 7.90. The molecule has 0 aromatic heterocycles. The zero-order chi connectivity index (χ0) is 15.4. The van der Waals surface area contributed by atoms with Crippen LogP contribution >= 0.6 is 0 Å². The smallest absolute Gasteiger partial charge is 0.387 e. The number of halogens is 4. The molecule has 2 aromatic carbocycles. The molecule has 0 heterocycles. The Hall–Kier alpha value is -2.04. The Kier molecular flexibility index (Phi) is 4.83. The minimum atomic E-state index is -3.11. The third-order valence-corrected chi connectivity index (χ3v) is 2.96. The molecule has 0 aliphatic heterocycles. The SMILES string of the molecule is [CH2]CCc1ccc(F)c(-c2ccc(OC(F)F)c(F)c2)c1. The van der Waals surface area contributed by atoms with E-state index in [1.54, 1.807) is 12.1 Å². The van der Waals surface area contributed by atoms with Gasteiger partial charge in [-0.2, -0.15) is 8.78 Å². The van der Waals surface area contributed by atoms with Crippen LogP contribution in [-0.4, -0.2) is 6.61 Å². The largest absolute Gasteiger partial charge is 0.432 e. The highest BCUT2D eigenvalue weighted by Gasteiger charge is 2.13. The quantitative estimate of drug-likeness (QED) is 0.706. The summed E-state index contributed by atoms with van der Waals surface area (Å²) in [4.78, 5) is 0. The van der Waals surface area contributed by atoms with E-state index in [4.69, 9.17) is 0 Å². The molecule has 1 radical (unpaired) electrons. The van der Waals surface area contributed by atoms with Gasteiger partial charge in [-0.15, -0.1) is 0 Å². The van der Waals surface area contributed by atoms with Crippen molar-refractivity contribution in [1.82, 2.24) is 0 Å². The van der Waals surface area contributed by atoms with Crippen LogP contribution in [-0.2, 0) is 6.42 Å². The standard InChI is InChI=1S/C16H13F4O/c1-2-3-10-4-6-13(17)12(8-10)11-5-7-15(14(18)9-11)21-16(19)20/h4-9,16H,1-3H2. The average Bonchev–Trinajstić information content (AvgIpc) is 2.43. The van der Waals surface area contributed by atoms with E-state index >= 15 is 0 Å². The normalized spacial score (nSPS) is 11.0. The number of ether oxygens (including phenoxy) is 1. The predicted octanol–water partition coefficient (Wildman–Crippen LogP) is 5.00. The number of benzene rings is 2. The van der Waals surface area contributed by atoms with Crippen LogP contribution in [0.1, 0.15) is 12.0 Å². The molecule has 0 spiro atoms. The molecule has 0 saturated carbocycles. The summed E-state index contributed by atoms with van der Waals surface area (Å²) in [5, 5.41) is 0. The molecule has 1 nitrogen and oxygen atoms in total. The van der Waals surface area contributed by atoms with E-state index in [2.05, 4.69) is 11.7 Å². The Morgan fingerprint density at radius 3 is 2.38 bits per heavy atom. The lowest BCUT2D eigenvalue weighted by molar-refractivity contribution is -0.0521. The lowest BCUT2D eigenvalue weighted by Gasteiger charge is -2.09. The highest BCUT2D eigenvalue weighted by Crippen LogP contribution is 2.29. The lowest BCUT2D eigenvalue weighted by Crippen LogP contribution is -2.03. The number of hydrogen-bond donors (Lipinski definition) is 0. The molecule has 5 heteroatoms. The zero-order valence-corrected chi connectivity index (χ0v) is 11.1. The molecule has 0 unspecified atom stereocenters. The first kappa shape index (κ1) is 15.4. The fraction of sp³-hybridized carbons (Fsp3) is 0.188. The molecule has 0 saturated heterocycles. The van der Waals surface area contributed by atoms with Gasteiger partial charge in [0.25, 0.3) is 0 Å². The number of aryl methyl sites for hydroxylation is 1. The minimum Gasteiger partial charge on any atom is -0.432 e. The molecule has 0 fully saturated rings. The van der Waals surface area contributed by atoms with Crippen LogP contribution < -0.4 is 4.74 Å². The van der Waals surface area contributed by atoms with Gasteiger partial charge in [-0.1, -0.05) is 19.1 Å². The molecule has 21 heavy (non-hydrogen) atoms. The van der Waals surface area contributed by atoms with Crippen molar-refractivity contribution in [3.8, 4) is 16.9 Å². The van der Waals surface area contributed by atoms with Gasteiger partial charge in [-0.25, -0.2) is 8.78 Å². The van der Waals surface area contributed by atoms with Crippen molar-refractivity contribution in [2.45, 2.75) is 19.5 Å². The van der Waals surface area contributed by atoms with E-state index in [1.807, 2.05) is 0 Å². The lowest BCUT2D eigenvalue weighted by atomic mass is 10.0. The van der Waals surface area contributed by atoms with Crippen molar-refractivity contribution in [2.75, 3.05) is 0 Å². The summed E-state index contributed by atoms with van der Waals surface area (Å²) < 4.78 is 55.7. The van der Waals surface area contributed by atoms with Gasteiger partial charge in [0, 0.05) is 5.56 Å². The van der Waals surface area contributed by atoms with Crippen LogP contribution in [0.25, 0.3) is 11.1 Å². The van der Waals surface area contributed by atoms with Gasteiger partial charge in [0.2, 0.25) is 0 Å². The van der Waals surface area contributed by atoms with Crippen molar-refractivity contribution in [1.29, 1.82) is 0 Å². The summed E-state index contributed by atoms with van der Waals surface area (Å²) in [5.41, 5.74) is 1.34. The van der Waals surface area contributed by atoms with Gasteiger partial charge in [-0.3, -0.25) is 0 Å². The Labute approximate surface area is 120 Å². The minimum absolute atomic E-state index is 0.212. The maximum atomic E-state index is 13.8. The van der Waals surface area contributed by atoms with E-state index in [0.29, 0.717) is 12.8 Å².